The van der Waals surface area contributed by atoms with E-state index >= 15 is 0 Å². The molecular formula is C15H18FN5O4. The Labute approximate surface area is 142 Å². The zero-order valence-electron chi connectivity index (χ0n) is 13.9. The summed E-state index contributed by atoms with van der Waals surface area (Å²) in [6, 6.07) is 1.49. The predicted molar refractivity (Wildman–Crippen MR) is 83.5 cm³/mol. The lowest BCUT2D eigenvalue weighted by Gasteiger charge is -2.21. The van der Waals surface area contributed by atoms with Gasteiger partial charge in [-0.2, -0.15) is 4.98 Å². The van der Waals surface area contributed by atoms with Crippen molar-refractivity contribution in [2.24, 2.45) is 5.73 Å². The van der Waals surface area contributed by atoms with E-state index in [0.29, 0.717) is 5.69 Å². The maximum absolute atomic E-state index is 12.9. The van der Waals surface area contributed by atoms with Crippen molar-refractivity contribution in [3.63, 3.8) is 0 Å². The first-order valence-corrected chi connectivity index (χ1v) is 7.37. The van der Waals surface area contributed by atoms with Crippen LogP contribution in [0.25, 0.3) is 11.5 Å². The van der Waals surface area contributed by atoms with Crippen LogP contribution in [0.2, 0.25) is 0 Å². The number of halogens is 1. The summed E-state index contributed by atoms with van der Waals surface area (Å²) in [6.45, 7) is 5.06. The van der Waals surface area contributed by atoms with Gasteiger partial charge in [-0.25, -0.2) is 14.2 Å². The molecule has 2 heterocycles. The lowest BCUT2D eigenvalue weighted by Crippen LogP contribution is -2.47. The minimum atomic E-state index is -1.09. The topological polar surface area (TPSA) is 133 Å². The molecule has 0 fully saturated rings. The third kappa shape index (κ3) is 5.52. The Morgan fingerprint density at radius 2 is 2.12 bits per heavy atom. The monoisotopic (exact) mass is 351 g/mol. The van der Waals surface area contributed by atoms with Gasteiger partial charge in [0.1, 0.15) is 23.2 Å². The molecule has 0 aliphatic rings. The van der Waals surface area contributed by atoms with Gasteiger partial charge in [-0.1, -0.05) is 5.16 Å². The second-order valence-electron chi connectivity index (χ2n) is 6.18. The summed E-state index contributed by atoms with van der Waals surface area (Å²) < 4.78 is 23.0. The molecule has 0 saturated heterocycles. The molecule has 1 unspecified atom stereocenters. The number of nitrogens with one attached hydrogen (secondary N) is 1. The maximum Gasteiger partial charge on any atom is 0.408 e. The minimum absolute atomic E-state index is 0.0565. The van der Waals surface area contributed by atoms with Gasteiger partial charge in [0.2, 0.25) is 17.6 Å². The van der Waals surface area contributed by atoms with Crippen LogP contribution in [0, 0.1) is 5.82 Å². The summed E-state index contributed by atoms with van der Waals surface area (Å²) >= 11 is 0. The molecule has 2 rings (SSSR count). The van der Waals surface area contributed by atoms with E-state index in [-0.39, 0.29) is 18.1 Å². The molecule has 0 bridgehead atoms. The van der Waals surface area contributed by atoms with E-state index < -0.39 is 29.5 Å². The van der Waals surface area contributed by atoms with Crippen molar-refractivity contribution < 1.29 is 23.2 Å². The molecule has 2 aromatic heterocycles. The van der Waals surface area contributed by atoms with Gasteiger partial charge >= 0.3 is 6.09 Å². The smallest absolute Gasteiger partial charge is 0.408 e. The number of aromatic nitrogens is 3. The molecule has 3 N–H and O–H groups in total. The van der Waals surface area contributed by atoms with E-state index in [9.17, 15) is 14.0 Å². The molecule has 0 radical (unpaired) electrons. The summed E-state index contributed by atoms with van der Waals surface area (Å²) in [5, 5.41) is 6.05. The van der Waals surface area contributed by atoms with Crippen molar-refractivity contribution in [3.8, 4) is 11.5 Å². The molecule has 10 heteroatoms. The second kappa shape index (κ2) is 7.24. The van der Waals surface area contributed by atoms with Crippen LogP contribution in [-0.4, -0.2) is 38.8 Å². The summed E-state index contributed by atoms with van der Waals surface area (Å²) in [7, 11) is 0. The number of ether oxygens (including phenoxy) is 1. The molecule has 25 heavy (non-hydrogen) atoms. The van der Waals surface area contributed by atoms with Gasteiger partial charge in [0.15, 0.2) is 0 Å². The average molecular weight is 351 g/mol. The number of pyridine rings is 1. The van der Waals surface area contributed by atoms with Crippen molar-refractivity contribution in [1.82, 2.24) is 20.4 Å². The van der Waals surface area contributed by atoms with Gasteiger partial charge in [0.25, 0.3) is 0 Å². The Hall–Kier alpha value is -3.04. The first kappa shape index (κ1) is 18.3. The highest BCUT2D eigenvalue weighted by atomic mass is 19.1. The molecule has 9 nitrogen and oxygen atoms in total. The largest absolute Gasteiger partial charge is 0.444 e. The Kier molecular flexibility index (Phi) is 5.30. The number of carbonyl (C=O) groups excluding carboxylic acids is 2. The summed E-state index contributed by atoms with van der Waals surface area (Å²) in [4.78, 5) is 31.2. The van der Waals surface area contributed by atoms with Gasteiger partial charge in [-0.05, 0) is 32.9 Å². The van der Waals surface area contributed by atoms with Crippen molar-refractivity contribution in [2.75, 3.05) is 0 Å². The quantitative estimate of drug-likeness (QED) is 0.826. The van der Waals surface area contributed by atoms with Crippen molar-refractivity contribution in [3.05, 3.63) is 30.0 Å². The third-order valence-corrected chi connectivity index (χ3v) is 2.84. The first-order chi connectivity index (χ1) is 11.6. The number of carbonyl (C=O) groups is 2. The fourth-order valence-corrected chi connectivity index (χ4v) is 1.80. The molecule has 0 spiro atoms. The van der Waals surface area contributed by atoms with Gasteiger partial charge in [-0.15, -0.1) is 0 Å². The Balaban J connectivity index is 2.06. The lowest BCUT2D eigenvalue weighted by atomic mass is 10.2. The zero-order valence-corrected chi connectivity index (χ0v) is 13.9. The first-order valence-electron chi connectivity index (χ1n) is 7.37. The van der Waals surface area contributed by atoms with Crippen LogP contribution >= 0.6 is 0 Å². The highest BCUT2D eigenvalue weighted by molar-refractivity contribution is 5.84. The fourth-order valence-electron chi connectivity index (χ4n) is 1.80. The number of primary amides is 1. The van der Waals surface area contributed by atoms with E-state index in [1.54, 1.807) is 20.8 Å². The van der Waals surface area contributed by atoms with Crippen molar-refractivity contribution in [1.29, 1.82) is 0 Å². The van der Waals surface area contributed by atoms with Crippen LogP contribution in [0.5, 0.6) is 0 Å². The van der Waals surface area contributed by atoms with E-state index in [2.05, 4.69) is 20.4 Å². The molecule has 2 aromatic rings. The van der Waals surface area contributed by atoms with Gasteiger partial charge in [0.05, 0.1) is 12.6 Å². The van der Waals surface area contributed by atoms with Gasteiger partial charge in [-0.3, -0.25) is 4.79 Å². The van der Waals surface area contributed by atoms with Crippen LogP contribution < -0.4 is 11.1 Å². The maximum atomic E-state index is 12.9. The van der Waals surface area contributed by atoms with Crippen LogP contribution in [0.15, 0.2) is 22.9 Å². The number of hydrogen-bond donors (Lipinski definition) is 2. The van der Waals surface area contributed by atoms with Gasteiger partial charge in [0, 0.05) is 0 Å². The van der Waals surface area contributed by atoms with Crippen LogP contribution in [0.1, 0.15) is 26.7 Å². The molecule has 0 aromatic carbocycles. The highest BCUT2D eigenvalue weighted by Gasteiger charge is 2.25. The van der Waals surface area contributed by atoms with Crippen LogP contribution in [0.3, 0.4) is 0 Å². The number of hydrogen-bond acceptors (Lipinski definition) is 7. The standard InChI is InChI=1S/C15H18FN5O4/c1-15(2,3)24-14(23)19-10(12(17)22)6-11-20-13(21-25-11)9-5-4-8(16)7-18-9/h4-5,7,10H,6H2,1-3H3,(H2,17,22)(H,19,23). The van der Waals surface area contributed by atoms with E-state index in [4.69, 9.17) is 15.0 Å². The van der Waals surface area contributed by atoms with E-state index in [0.717, 1.165) is 6.20 Å². The summed E-state index contributed by atoms with van der Waals surface area (Å²) in [5.74, 6) is -1.11. The van der Waals surface area contributed by atoms with Crippen molar-refractivity contribution >= 4 is 12.0 Å². The molecule has 2 amide bonds. The molecule has 0 saturated carbocycles. The third-order valence-electron chi connectivity index (χ3n) is 2.84. The average Bonchev–Trinajstić information content (AvgIpc) is 2.94. The zero-order chi connectivity index (χ0) is 18.6. The lowest BCUT2D eigenvalue weighted by molar-refractivity contribution is -0.120. The fraction of sp³-hybridized carbons (Fsp3) is 0.400. The van der Waals surface area contributed by atoms with Crippen LogP contribution in [0.4, 0.5) is 9.18 Å². The van der Waals surface area contributed by atoms with E-state index in [1.165, 1.54) is 12.1 Å². The Morgan fingerprint density at radius 1 is 1.40 bits per heavy atom. The number of nitrogens with two attached hydrogens (primary N) is 1. The number of amides is 2. The molecule has 134 valence electrons. The molecule has 1 atom stereocenters. The predicted octanol–water partition coefficient (Wildman–Crippen LogP) is 1.19. The normalized spacial score (nSPS) is 12.5. The highest BCUT2D eigenvalue weighted by Crippen LogP contribution is 2.14. The number of alkyl carbamates (subject to hydrolysis) is 1. The Morgan fingerprint density at radius 3 is 2.68 bits per heavy atom. The second-order valence-corrected chi connectivity index (χ2v) is 6.18. The number of rotatable bonds is 5. The Bertz CT molecular complexity index is 754. The summed E-state index contributed by atoms with van der Waals surface area (Å²) in [5.41, 5.74) is 4.85. The summed E-state index contributed by atoms with van der Waals surface area (Å²) in [6.07, 6.45) is 0.0981. The van der Waals surface area contributed by atoms with Crippen LogP contribution in [-0.2, 0) is 16.0 Å². The van der Waals surface area contributed by atoms with Gasteiger partial charge < -0.3 is 20.3 Å². The number of nitrogens with zero attached hydrogens (tertiary/aromatic N) is 3. The minimum Gasteiger partial charge on any atom is -0.444 e. The SMILES string of the molecule is CC(C)(C)OC(=O)NC(Cc1nc(-c2ccc(F)cn2)no1)C(N)=O. The molecular weight excluding hydrogens is 333 g/mol. The van der Waals surface area contributed by atoms with E-state index in [1.807, 2.05) is 0 Å². The molecule has 0 aliphatic heterocycles. The molecule has 0 aliphatic carbocycles. The van der Waals surface area contributed by atoms with Crippen molar-refractivity contribution in [2.45, 2.75) is 38.8 Å².